The van der Waals surface area contributed by atoms with Crippen LogP contribution in [0.25, 0.3) is 0 Å². The van der Waals surface area contributed by atoms with E-state index in [4.69, 9.17) is 11.6 Å². The summed E-state index contributed by atoms with van der Waals surface area (Å²) < 4.78 is 0. The number of hydrogen-bond acceptors (Lipinski definition) is 0. The number of halogens is 1. The first-order chi connectivity index (χ1) is 8.39. The molecule has 0 spiro atoms. The van der Waals surface area contributed by atoms with Crippen molar-refractivity contribution in [3.05, 3.63) is 90.0 Å². The van der Waals surface area contributed by atoms with Gasteiger partial charge in [0.05, 0.1) is 0 Å². The fourth-order valence-corrected chi connectivity index (χ4v) is 1.27. The minimum atomic E-state index is 0. The van der Waals surface area contributed by atoms with Crippen LogP contribution in [0.2, 0.25) is 5.02 Å². The molecule has 0 heterocycles. The van der Waals surface area contributed by atoms with Crippen LogP contribution in [-0.2, 0) is 17.1 Å². The standard InChI is InChI=1S/C6H5Cl.C5H6.C5H5.Fe/c7-6-4-2-1-3-5-6;2*1-2-4-5-3-1;/h1-5H;1-4H,5H2;1-5H;/q;;-1;+2. The second-order valence-electron chi connectivity index (χ2n) is 3.35. The van der Waals surface area contributed by atoms with Crippen molar-refractivity contribution in [2.75, 3.05) is 0 Å². The summed E-state index contributed by atoms with van der Waals surface area (Å²) in [6.45, 7) is 0. The fraction of sp³-hybridized carbons (Fsp3) is 0.0625. The Labute approximate surface area is 125 Å². The smallest absolute Gasteiger partial charge is 0.214 e. The SMILES string of the molecule is C1=CCC=C1.Clc1ccccc1.[Fe+2].c1cc[cH-]c1. The molecular weight excluding hydrogens is 283 g/mol. The van der Waals surface area contributed by atoms with Crippen molar-refractivity contribution in [3.8, 4) is 0 Å². The molecule has 0 radical (unpaired) electrons. The Morgan fingerprint density at radius 3 is 1.61 bits per heavy atom. The Hall–Kier alpha value is -1.14. The zero-order valence-electron chi connectivity index (χ0n) is 10.0. The Balaban J connectivity index is 0.000000239. The van der Waals surface area contributed by atoms with Crippen LogP contribution in [0.4, 0.5) is 0 Å². The summed E-state index contributed by atoms with van der Waals surface area (Å²) in [7, 11) is 0. The molecule has 0 saturated carbocycles. The predicted octanol–water partition coefficient (Wildman–Crippen LogP) is 5.25. The molecule has 0 unspecified atom stereocenters. The quantitative estimate of drug-likeness (QED) is 0.460. The van der Waals surface area contributed by atoms with E-state index in [9.17, 15) is 0 Å². The fourth-order valence-electron chi connectivity index (χ4n) is 1.13. The van der Waals surface area contributed by atoms with Gasteiger partial charge in [-0.25, -0.2) is 12.1 Å². The van der Waals surface area contributed by atoms with Crippen LogP contribution in [0, 0.1) is 0 Å². The van der Waals surface area contributed by atoms with Crippen molar-refractivity contribution >= 4 is 11.6 Å². The van der Waals surface area contributed by atoms with Crippen LogP contribution in [0.15, 0.2) is 85.0 Å². The Bertz CT molecular complexity index is 388. The molecule has 0 aliphatic heterocycles. The molecular formula is C16H16ClFe+. The van der Waals surface area contributed by atoms with Gasteiger partial charge in [-0.1, -0.05) is 54.1 Å². The van der Waals surface area contributed by atoms with Crippen LogP contribution in [0.1, 0.15) is 6.42 Å². The summed E-state index contributed by atoms with van der Waals surface area (Å²) in [4.78, 5) is 0. The average Bonchev–Trinajstić information content (AvgIpc) is 3.09. The zero-order chi connectivity index (χ0) is 12.2. The van der Waals surface area contributed by atoms with E-state index in [-0.39, 0.29) is 17.1 Å². The first kappa shape index (κ1) is 16.9. The molecule has 0 atom stereocenters. The molecule has 1 aliphatic carbocycles. The van der Waals surface area contributed by atoms with Gasteiger partial charge in [-0.3, -0.25) is 0 Å². The van der Waals surface area contributed by atoms with Crippen LogP contribution in [0.5, 0.6) is 0 Å². The van der Waals surface area contributed by atoms with Gasteiger partial charge in [-0.05, 0) is 18.6 Å². The van der Waals surface area contributed by atoms with Gasteiger partial charge in [0.2, 0.25) is 0 Å². The van der Waals surface area contributed by atoms with Gasteiger partial charge in [0, 0.05) is 5.02 Å². The van der Waals surface area contributed by atoms with Crippen LogP contribution < -0.4 is 0 Å². The van der Waals surface area contributed by atoms with Gasteiger partial charge in [-0.2, -0.15) is 18.2 Å². The molecule has 2 aromatic rings. The molecule has 2 aromatic carbocycles. The molecule has 18 heavy (non-hydrogen) atoms. The summed E-state index contributed by atoms with van der Waals surface area (Å²) in [5.41, 5.74) is 0. The van der Waals surface area contributed by atoms with Gasteiger partial charge in [0.25, 0.3) is 0 Å². The van der Waals surface area contributed by atoms with E-state index in [1.54, 1.807) is 0 Å². The minimum Gasteiger partial charge on any atom is -0.214 e. The molecule has 0 aromatic heterocycles. The summed E-state index contributed by atoms with van der Waals surface area (Å²) in [5.74, 6) is 0. The van der Waals surface area contributed by atoms with E-state index in [2.05, 4.69) is 24.3 Å². The topological polar surface area (TPSA) is 0 Å². The molecule has 0 bridgehead atoms. The van der Waals surface area contributed by atoms with Crippen molar-refractivity contribution in [1.82, 2.24) is 0 Å². The number of allylic oxidation sites excluding steroid dienone is 4. The van der Waals surface area contributed by atoms with E-state index in [1.165, 1.54) is 0 Å². The van der Waals surface area contributed by atoms with Gasteiger partial charge in [-0.15, -0.1) is 0 Å². The Morgan fingerprint density at radius 2 is 1.39 bits per heavy atom. The molecule has 0 N–H and O–H groups in total. The third-order valence-corrected chi connectivity index (χ3v) is 2.20. The summed E-state index contributed by atoms with van der Waals surface area (Å²) in [5, 5.41) is 0.794. The van der Waals surface area contributed by atoms with Crippen LogP contribution in [-0.4, -0.2) is 0 Å². The maximum atomic E-state index is 5.54. The molecule has 3 rings (SSSR count). The number of rotatable bonds is 0. The van der Waals surface area contributed by atoms with Crippen molar-refractivity contribution < 1.29 is 17.1 Å². The predicted molar refractivity (Wildman–Crippen MR) is 76.4 cm³/mol. The molecule has 0 nitrogen and oxygen atoms in total. The van der Waals surface area contributed by atoms with Crippen molar-refractivity contribution in [2.24, 2.45) is 0 Å². The Kier molecular flexibility index (Phi) is 11.5. The van der Waals surface area contributed by atoms with Gasteiger partial charge in [0.15, 0.2) is 0 Å². The second kappa shape index (κ2) is 12.3. The second-order valence-corrected chi connectivity index (χ2v) is 3.79. The summed E-state index contributed by atoms with van der Waals surface area (Å²) in [6.07, 6.45) is 9.50. The van der Waals surface area contributed by atoms with E-state index < -0.39 is 0 Å². The molecule has 2 heteroatoms. The summed E-state index contributed by atoms with van der Waals surface area (Å²) in [6, 6.07) is 19.4. The molecule has 0 amide bonds. The molecule has 0 fully saturated rings. The largest absolute Gasteiger partial charge is 2.00 e. The van der Waals surface area contributed by atoms with Crippen LogP contribution in [0.3, 0.4) is 0 Å². The molecule has 94 valence electrons. The third kappa shape index (κ3) is 10.0. The normalized spacial score (nSPS) is 10.5. The maximum Gasteiger partial charge on any atom is 2.00 e. The third-order valence-electron chi connectivity index (χ3n) is 1.94. The van der Waals surface area contributed by atoms with Gasteiger partial charge < -0.3 is 0 Å². The van der Waals surface area contributed by atoms with E-state index >= 15 is 0 Å². The van der Waals surface area contributed by atoms with E-state index in [1.807, 2.05) is 60.7 Å². The van der Waals surface area contributed by atoms with Gasteiger partial charge >= 0.3 is 17.1 Å². The minimum absolute atomic E-state index is 0. The average molecular weight is 300 g/mol. The molecule has 0 saturated heterocycles. The van der Waals surface area contributed by atoms with E-state index in [0.29, 0.717) is 0 Å². The number of hydrogen-bond donors (Lipinski definition) is 0. The van der Waals surface area contributed by atoms with Crippen LogP contribution >= 0.6 is 11.6 Å². The van der Waals surface area contributed by atoms with Crippen molar-refractivity contribution in [1.29, 1.82) is 0 Å². The zero-order valence-corrected chi connectivity index (χ0v) is 11.9. The van der Waals surface area contributed by atoms with Crippen molar-refractivity contribution in [3.63, 3.8) is 0 Å². The first-order valence-electron chi connectivity index (χ1n) is 5.58. The Morgan fingerprint density at radius 1 is 0.833 bits per heavy atom. The molecule has 1 aliphatic rings. The summed E-state index contributed by atoms with van der Waals surface area (Å²) >= 11 is 5.54. The number of benzene rings is 1. The van der Waals surface area contributed by atoms with Gasteiger partial charge in [0.1, 0.15) is 0 Å². The van der Waals surface area contributed by atoms with E-state index in [0.717, 1.165) is 11.4 Å². The monoisotopic (exact) mass is 299 g/mol. The maximum absolute atomic E-state index is 5.54. The first-order valence-corrected chi connectivity index (χ1v) is 5.96. The van der Waals surface area contributed by atoms with Crippen molar-refractivity contribution in [2.45, 2.75) is 6.42 Å².